The van der Waals surface area contributed by atoms with E-state index in [-0.39, 0.29) is 0 Å². The highest BCUT2D eigenvalue weighted by Gasteiger charge is 2.30. The lowest BCUT2D eigenvalue weighted by molar-refractivity contribution is 0.0195. The predicted octanol–water partition coefficient (Wildman–Crippen LogP) is 0.315. The molecule has 8 heteroatoms. The van der Waals surface area contributed by atoms with Gasteiger partial charge in [0, 0.05) is 78.2 Å². The molecule has 1 unspecified atom stereocenters. The Balaban J connectivity index is 1.26. The van der Waals surface area contributed by atoms with E-state index < -0.39 is 0 Å². The summed E-state index contributed by atoms with van der Waals surface area (Å²) < 4.78 is 5.49. The Bertz CT molecular complexity index is 666. The van der Waals surface area contributed by atoms with Crippen molar-refractivity contribution in [1.82, 2.24) is 25.0 Å². The summed E-state index contributed by atoms with van der Waals surface area (Å²) in [4.78, 5) is 18.9. The Hall–Kier alpha value is -1.90. The molecule has 0 bridgehead atoms. The van der Waals surface area contributed by atoms with E-state index in [0.29, 0.717) is 6.04 Å². The number of anilines is 1. The van der Waals surface area contributed by atoms with Gasteiger partial charge in [-0.3, -0.25) is 9.89 Å². The zero-order valence-corrected chi connectivity index (χ0v) is 17.9. The molecule has 3 saturated heterocycles. The van der Waals surface area contributed by atoms with Crippen LogP contribution in [0.2, 0.25) is 0 Å². The van der Waals surface area contributed by atoms with Gasteiger partial charge in [-0.05, 0) is 25.1 Å². The summed E-state index contributed by atoms with van der Waals surface area (Å²) in [5.41, 5.74) is 1.19. The molecule has 1 aromatic rings. The summed E-state index contributed by atoms with van der Waals surface area (Å²) in [5.74, 6) is 2.07. The van der Waals surface area contributed by atoms with Gasteiger partial charge in [-0.15, -0.1) is 0 Å². The van der Waals surface area contributed by atoms with Crippen LogP contribution in [0.3, 0.4) is 0 Å². The molecule has 0 spiro atoms. The number of piperazine rings is 1. The van der Waals surface area contributed by atoms with Crippen LogP contribution < -0.4 is 10.2 Å². The summed E-state index contributed by atoms with van der Waals surface area (Å²) in [6, 6.07) is 4.94. The summed E-state index contributed by atoms with van der Waals surface area (Å²) in [6.07, 6.45) is 3.19. The quantitative estimate of drug-likeness (QED) is 0.576. The molecule has 0 amide bonds. The van der Waals surface area contributed by atoms with Gasteiger partial charge in [0.05, 0.1) is 13.2 Å². The molecule has 1 atom stereocenters. The second kappa shape index (κ2) is 9.73. The number of likely N-dealkylation sites (tertiary alicyclic amines) is 1. The van der Waals surface area contributed by atoms with Crippen molar-refractivity contribution in [3.8, 4) is 0 Å². The maximum atomic E-state index is 5.49. The molecule has 3 aliphatic heterocycles. The largest absolute Gasteiger partial charge is 0.379 e. The number of hydrogen-bond acceptors (Lipinski definition) is 6. The van der Waals surface area contributed by atoms with Crippen molar-refractivity contribution < 1.29 is 4.74 Å². The molecule has 0 aromatic carbocycles. The van der Waals surface area contributed by atoms with Crippen molar-refractivity contribution in [2.45, 2.75) is 19.0 Å². The van der Waals surface area contributed by atoms with Gasteiger partial charge in [-0.1, -0.05) is 6.07 Å². The molecule has 0 radical (unpaired) electrons. The first-order valence-electron chi connectivity index (χ1n) is 10.9. The predicted molar refractivity (Wildman–Crippen MR) is 117 cm³/mol. The lowest BCUT2D eigenvalue weighted by Gasteiger charge is -2.33. The molecular formula is C21H35N7O. The molecule has 1 aromatic heterocycles. The molecule has 1 N–H and O–H groups in total. The SMILES string of the molecule is CN=C(NCc1ccc(N2CCN(C)CC2)nc1)N1CCC(N2CCOCC2)C1. The van der Waals surface area contributed by atoms with Gasteiger partial charge in [-0.25, -0.2) is 4.98 Å². The van der Waals surface area contributed by atoms with E-state index in [1.165, 1.54) is 12.0 Å². The first kappa shape index (κ1) is 20.4. The zero-order chi connectivity index (χ0) is 20.1. The molecular weight excluding hydrogens is 366 g/mol. The molecule has 4 rings (SSSR count). The van der Waals surface area contributed by atoms with E-state index in [9.17, 15) is 0 Å². The van der Waals surface area contributed by atoms with Crippen LogP contribution in [-0.2, 0) is 11.3 Å². The minimum Gasteiger partial charge on any atom is -0.379 e. The second-order valence-electron chi connectivity index (χ2n) is 8.25. The number of guanidine groups is 1. The van der Waals surface area contributed by atoms with Crippen LogP contribution >= 0.6 is 0 Å². The van der Waals surface area contributed by atoms with Crippen LogP contribution in [0.25, 0.3) is 0 Å². The fraction of sp³-hybridized carbons (Fsp3) is 0.714. The number of ether oxygens (including phenoxy) is 1. The van der Waals surface area contributed by atoms with Gasteiger partial charge in [0.1, 0.15) is 5.82 Å². The Labute approximate surface area is 174 Å². The van der Waals surface area contributed by atoms with Crippen molar-refractivity contribution in [1.29, 1.82) is 0 Å². The summed E-state index contributed by atoms with van der Waals surface area (Å²) in [7, 11) is 4.05. The highest BCUT2D eigenvalue weighted by molar-refractivity contribution is 5.80. The standard InChI is InChI=1S/C21H35N7O/c1-22-21(28-6-5-19(17-28)26-11-13-29-14-12-26)24-16-18-3-4-20(23-15-18)27-9-7-25(2)8-10-27/h3-4,15,19H,5-14,16-17H2,1-2H3,(H,22,24). The van der Waals surface area contributed by atoms with Gasteiger partial charge in [-0.2, -0.15) is 0 Å². The van der Waals surface area contributed by atoms with Crippen LogP contribution in [0, 0.1) is 0 Å². The fourth-order valence-electron chi connectivity index (χ4n) is 4.43. The number of hydrogen-bond donors (Lipinski definition) is 1. The third-order valence-electron chi connectivity index (χ3n) is 6.32. The second-order valence-corrected chi connectivity index (χ2v) is 8.25. The van der Waals surface area contributed by atoms with Crippen molar-refractivity contribution in [3.05, 3.63) is 23.9 Å². The molecule has 0 aliphatic carbocycles. The molecule has 0 saturated carbocycles. The van der Waals surface area contributed by atoms with Crippen molar-refractivity contribution in [2.24, 2.45) is 4.99 Å². The zero-order valence-electron chi connectivity index (χ0n) is 17.9. The molecule has 3 aliphatic rings. The topological polar surface area (TPSA) is 59.5 Å². The fourth-order valence-corrected chi connectivity index (χ4v) is 4.43. The van der Waals surface area contributed by atoms with Gasteiger partial charge in [0.25, 0.3) is 0 Å². The highest BCUT2D eigenvalue weighted by Crippen LogP contribution is 2.17. The van der Waals surface area contributed by atoms with Crippen molar-refractivity contribution in [2.75, 3.05) is 84.6 Å². The maximum Gasteiger partial charge on any atom is 0.193 e. The lowest BCUT2D eigenvalue weighted by atomic mass is 10.2. The van der Waals surface area contributed by atoms with Crippen LogP contribution in [0.15, 0.2) is 23.3 Å². The van der Waals surface area contributed by atoms with E-state index >= 15 is 0 Å². The Morgan fingerprint density at radius 1 is 1.14 bits per heavy atom. The van der Waals surface area contributed by atoms with E-state index in [2.05, 4.69) is 49.1 Å². The molecule has 4 heterocycles. The van der Waals surface area contributed by atoms with Crippen LogP contribution in [0.5, 0.6) is 0 Å². The van der Waals surface area contributed by atoms with Crippen LogP contribution in [0.1, 0.15) is 12.0 Å². The maximum absolute atomic E-state index is 5.49. The lowest BCUT2D eigenvalue weighted by Crippen LogP contribution is -2.46. The van der Waals surface area contributed by atoms with E-state index in [4.69, 9.17) is 9.72 Å². The van der Waals surface area contributed by atoms with Gasteiger partial charge >= 0.3 is 0 Å². The normalized spacial score (nSPS) is 24.9. The van der Waals surface area contributed by atoms with E-state index in [0.717, 1.165) is 83.9 Å². The molecule has 3 fully saturated rings. The van der Waals surface area contributed by atoms with Gasteiger partial charge < -0.3 is 24.8 Å². The van der Waals surface area contributed by atoms with Gasteiger partial charge in [0.15, 0.2) is 5.96 Å². The molecule has 160 valence electrons. The summed E-state index contributed by atoms with van der Waals surface area (Å²) in [5, 5.41) is 3.53. The minimum atomic E-state index is 0.613. The van der Waals surface area contributed by atoms with Crippen molar-refractivity contribution in [3.63, 3.8) is 0 Å². The summed E-state index contributed by atoms with van der Waals surface area (Å²) >= 11 is 0. The average molecular weight is 402 g/mol. The van der Waals surface area contributed by atoms with Gasteiger partial charge in [0.2, 0.25) is 0 Å². The number of aliphatic imine (C=N–C) groups is 1. The smallest absolute Gasteiger partial charge is 0.193 e. The monoisotopic (exact) mass is 401 g/mol. The van der Waals surface area contributed by atoms with Crippen molar-refractivity contribution >= 4 is 11.8 Å². The molecule has 29 heavy (non-hydrogen) atoms. The minimum absolute atomic E-state index is 0.613. The Morgan fingerprint density at radius 3 is 2.62 bits per heavy atom. The number of pyridine rings is 1. The van der Waals surface area contributed by atoms with Crippen LogP contribution in [-0.4, -0.2) is 111 Å². The number of likely N-dealkylation sites (N-methyl/N-ethyl adjacent to an activating group) is 1. The number of nitrogens with one attached hydrogen (secondary N) is 1. The average Bonchev–Trinajstić information content (AvgIpc) is 3.26. The first-order valence-corrected chi connectivity index (χ1v) is 10.9. The highest BCUT2D eigenvalue weighted by atomic mass is 16.5. The number of nitrogens with zero attached hydrogens (tertiary/aromatic N) is 6. The van der Waals surface area contributed by atoms with E-state index in [1.54, 1.807) is 0 Å². The van der Waals surface area contributed by atoms with Crippen LogP contribution in [0.4, 0.5) is 5.82 Å². The summed E-state index contributed by atoms with van der Waals surface area (Å²) in [6.45, 7) is 11.0. The third kappa shape index (κ3) is 5.18. The Morgan fingerprint density at radius 2 is 1.93 bits per heavy atom. The Kier molecular flexibility index (Phi) is 6.84. The number of morpholine rings is 1. The number of rotatable bonds is 4. The number of aromatic nitrogens is 1. The first-order chi connectivity index (χ1) is 14.2. The molecule has 8 nitrogen and oxygen atoms in total. The third-order valence-corrected chi connectivity index (χ3v) is 6.32. The van der Waals surface area contributed by atoms with E-state index in [1.807, 2.05) is 13.2 Å².